The lowest BCUT2D eigenvalue weighted by molar-refractivity contribution is 0.264. The van der Waals surface area contributed by atoms with Crippen molar-refractivity contribution in [3.05, 3.63) is 35.2 Å². The third-order valence-electron chi connectivity index (χ3n) is 2.61. The van der Waals surface area contributed by atoms with Gasteiger partial charge in [0.15, 0.2) is 0 Å². The van der Waals surface area contributed by atoms with Gasteiger partial charge in [-0.3, -0.25) is 0 Å². The number of nitrogens with one attached hydrogen (secondary N) is 1. The summed E-state index contributed by atoms with van der Waals surface area (Å²) in [6.07, 6.45) is 1.64. The summed E-state index contributed by atoms with van der Waals surface area (Å²) in [5.74, 6) is 1.22. The fourth-order valence-electron chi connectivity index (χ4n) is 1.59. The largest absolute Gasteiger partial charge is 0.497 e. The summed E-state index contributed by atoms with van der Waals surface area (Å²) in [6.45, 7) is -0.163. The number of aromatic amines is 1. The third kappa shape index (κ3) is 2.48. The number of methoxy groups -OCH3 is 1. The molecule has 0 radical (unpaired) electrons. The van der Waals surface area contributed by atoms with Gasteiger partial charge in [0.25, 0.3) is 0 Å². The van der Waals surface area contributed by atoms with Gasteiger partial charge in [0, 0.05) is 5.56 Å². The highest BCUT2D eigenvalue weighted by Gasteiger charge is 2.12. The molecule has 5 nitrogen and oxygen atoms in total. The van der Waals surface area contributed by atoms with Crippen LogP contribution >= 0.6 is 11.6 Å². The number of rotatable bonds is 4. The van der Waals surface area contributed by atoms with Gasteiger partial charge < -0.3 is 20.6 Å². The average molecular weight is 268 g/mol. The molecule has 0 aliphatic rings. The number of ether oxygens (including phenoxy) is 1. The van der Waals surface area contributed by atoms with Crippen LogP contribution in [-0.4, -0.2) is 28.8 Å². The summed E-state index contributed by atoms with van der Waals surface area (Å²) < 4.78 is 5.08. The highest BCUT2D eigenvalue weighted by Crippen LogP contribution is 2.30. The van der Waals surface area contributed by atoms with Crippen LogP contribution in [0.25, 0.3) is 11.3 Å². The molecule has 96 valence electrons. The summed E-state index contributed by atoms with van der Waals surface area (Å²) >= 11 is 6.16. The summed E-state index contributed by atoms with van der Waals surface area (Å²) in [6, 6.07) is 4.86. The Bertz CT molecular complexity index is 542. The number of halogens is 1. The van der Waals surface area contributed by atoms with Gasteiger partial charge >= 0.3 is 0 Å². The normalized spacial score (nSPS) is 12.4. The summed E-state index contributed by atoms with van der Waals surface area (Å²) in [7, 11) is 1.58. The van der Waals surface area contributed by atoms with E-state index in [0.29, 0.717) is 16.6 Å². The van der Waals surface area contributed by atoms with Crippen LogP contribution in [-0.2, 0) is 0 Å². The Kier molecular flexibility index (Phi) is 3.86. The van der Waals surface area contributed by atoms with Crippen LogP contribution in [0.5, 0.6) is 5.75 Å². The predicted octanol–water partition coefficient (Wildman–Crippen LogP) is 1.73. The van der Waals surface area contributed by atoms with E-state index in [0.717, 1.165) is 11.3 Å². The van der Waals surface area contributed by atoms with Gasteiger partial charge in [-0.05, 0) is 18.2 Å². The van der Waals surface area contributed by atoms with Crippen LogP contribution < -0.4 is 10.5 Å². The summed E-state index contributed by atoms with van der Waals surface area (Å²) in [4.78, 5) is 7.15. The Hall–Kier alpha value is -1.56. The monoisotopic (exact) mass is 267 g/mol. The molecule has 1 unspecified atom stereocenters. The standard InChI is InChI=1S/C12H14ClN3O2/c1-18-7-2-3-8(9(13)4-7)11-5-15-12(16-11)10(14)6-17/h2-5,10,17H,6,14H2,1H3,(H,15,16). The first kappa shape index (κ1) is 12.9. The second-order valence-corrected chi connectivity index (χ2v) is 4.22. The maximum atomic E-state index is 8.96. The number of hydrogen-bond donors (Lipinski definition) is 3. The first-order valence-electron chi connectivity index (χ1n) is 5.41. The molecule has 0 bridgehead atoms. The Morgan fingerprint density at radius 1 is 1.56 bits per heavy atom. The van der Waals surface area contributed by atoms with Crippen molar-refractivity contribution < 1.29 is 9.84 Å². The molecule has 2 rings (SSSR count). The Morgan fingerprint density at radius 3 is 2.94 bits per heavy atom. The van der Waals surface area contributed by atoms with Gasteiger partial charge in [0.2, 0.25) is 0 Å². The minimum atomic E-state index is -0.518. The number of aliphatic hydroxyl groups excluding tert-OH is 1. The lowest BCUT2D eigenvalue weighted by atomic mass is 10.1. The zero-order valence-corrected chi connectivity index (χ0v) is 10.6. The van der Waals surface area contributed by atoms with Crippen molar-refractivity contribution in [1.82, 2.24) is 9.97 Å². The molecule has 0 fully saturated rings. The number of nitrogens with zero attached hydrogens (tertiary/aromatic N) is 1. The van der Waals surface area contributed by atoms with Crippen LogP contribution in [0.3, 0.4) is 0 Å². The van der Waals surface area contributed by atoms with Crippen molar-refractivity contribution >= 4 is 11.6 Å². The first-order valence-corrected chi connectivity index (χ1v) is 5.78. The number of aliphatic hydroxyl groups is 1. The number of benzene rings is 1. The molecule has 0 saturated carbocycles. The molecule has 1 heterocycles. The van der Waals surface area contributed by atoms with Crippen LogP contribution in [0.15, 0.2) is 24.4 Å². The molecule has 1 aromatic heterocycles. The van der Waals surface area contributed by atoms with Crippen molar-refractivity contribution in [2.75, 3.05) is 13.7 Å². The van der Waals surface area contributed by atoms with Crippen LogP contribution in [0.2, 0.25) is 5.02 Å². The van der Waals surface area contributed by atoms with E-state index in [9.17, 15) is 0 Å². The number of hydrogen-bond acceptors (Lipinski definition) is 4. The Morgan fingerprint density at radius 2 is 2.33 bits per heavy atom. The van der Waals surface area contributed by atoms with Crippen molar-refractivity contribution in [2.24, 2.45) is 5.73 Å². The Balaban J connectivity index is 2.34. The lowest BCUT2D eigenvalue weighted by Crippen LogP contribution is -2.15. The topological polar surface area (TPSA) is 84.2 Å². The van der Waals surface area contributed by atoms with E-state index in [2.05, 4.69) is 9.97 Å². The molecular formula is C12H14ClN3O2. The molecular weight excluding hydrogens is 254 g/mol. The second-order valence-electron chi connectivity index (χ2n) is 3.82. The molecule has 0 saturated heterocycles. The van der Waals surface area contributed by atoms with Crippen LogP contribution in [0.4, 0.5) is 0 Å². The molecule has 0 spiro atoms. The van der Waals surface area contributed by atoms with E-state index in [1.54, 1.807) is 19.4 Å². The zero-order chi connectivity index (χ0) is 13.1. The maximum Gasteiger partial charge on any atom is 0.125 e. The van der Waals surface area contributed by atoms with Gasteiger partial charge in [0.05, 0.1) is 36.7 Å². The highest BCUT2D eigenvalue weighted by atomic mass is 35.5. The number of nitrogens with two attached hydrogens (primary N) is 1. The van der Waals surface area contributed by atoms with E-state index >= 15 is 0 Å². The molecule has 4 N–H and O–H groups in total. The Labute approximate surface area is 110 Å². The van der Waals surface area contributed by atoms with Gasteiger partial charge in [-0.15, -0.1) is 0 Å². The number of aromatic nitrogens is 2. The molecule has 0 amide bonds. The third-order valence-corrected chi connectivity index (χ3v) is 2.92. The van der Waals surface area contributed by atoms with Gasteiger partial charge in [0.1, 0.15) is 11.6 Å². The van der Waals surface area contributed by atoms with Gasteiger partial charge in [-0.25, -0.2) is 4.98 Å². The maximum absolute atomic E-state index is 8.96. The van der Waals surface area contributed by atoms with Crippen molar-refractivity contribution in [3.8, 4) is 17.0 Å². The van der Waals surface area contributed by atoms with Gasteiger partial charge in [-0.1, -0.05) is 11.6 Å². The van der Waals surface area contributed by atoms with Crippen LogP contribution in [0.1, 0.15) is 11.9 Å². The van der Waals surface area contributed by atoms with E-state index in [1.165, 1.54) is 0 Å². The number of H-pyrrole nitrogens is 1. The van der Waals surface area contributed by atoms with E-state index in [-0.39, 0.29) is 6.61 Å². The van der Waals surface area contributed by atoms with Gasteiger partial charge in [-0.2, -0.15) is 0 Å². The molecule has 1 aromatic carbocycles. The molecule has 0 aliphatic carbocycles. The van der Waals surface area contributed by atoms with Crippen molar-refractivity contribution in [1.29, 1.82) is 0 Å². The van der Waals surface area contributed by atoms with E-state index < -0.39 is 6.04 Å². The minimum absolute atomic E-state index is 0.163. The van der Waals surface area contributed by atoms with E-state index in [1.807, 2.05) is 12.1 Å². The molecule has 18 heavy (non-hydrogen) atoms. The zero-order valence-electron chi connectivity index (χ0n) is 9.85. The van der Waals surface area contributed by atoms with Crippen LogP contribution in [0, 0.1) is 0 Å². The quantitative estimate of drug-likeness (QED) is 0.788. The van der Waals surface area contributed by atoms with Crippen molar-refractivity contribution in [2.45, 2.75) is 6.04 Å². The fourth-order valence-corrected chi connectivity index (χ4v) is 1.86. The summed E-state index contributed by atoms with van der Waals surface area (Å²) in [5, 5.41) is 9.52. The second kappa shape index (κ2) is 5.39. The summed E-state index contributed by atoms with van der Waals surface area (Å²) in [5.41, 5.74) is 7.23. The average Bonchev–Trinajstić information content (AvgIpc) is 2.87. The fraction of sp³-hybridized carbons (Fsp3) is 0.250. The minimum Gasteiger partial charge on any atom is -0.497 e. The molecule has 2 aromatic rings. The molecule has 0 aliphatic heterocycles. The molecule has 1 atom stereocenters. The molecule has 6 heteroatoms. The van der Waals surface area contributed by atoms with Crippen molar-refractivity contribution in [3.63, 3.8) is 0 Å². The lowest BCUT2D eigenvalue weighted by Gasteiger charge is -2.05. The highest BCUT2D eigenvalue weighted by molar-refractivity contribution is 6.33. The SMILES string of the molecule is COc1ccc(-c2cnc(C(N)CO)[nH]2)c(Cl)c1. The predicted molar refractivity (Wildman–Crippen MR) is 69.6 cm³/mol. The first-order chi connectivity index (χ1) is 8.65. The smallest absolute Gasteiger partial charge is 0.125 e. The number of imidazole rings is 1. The van der Waals surface area contributed by atoms with E-state index in [4.69, 9.17) is 27.2 Å².